The number of carbonyl (C=O) groups excluding carboxylic acids is 1. The van der Waals surface area contributed by atoms with Gasteiger partial charge in [-0.25, -0.2) is 4.98 Å². The predicted molar refractivity (Wildman–Crippen MR) is 60.7 cm³/mol. The topological polar surface area (TPSA) is 30.0 Å². The van der Waals surface area contributed by atoms with Crippen molar-refractivity contribution >= 4 is 40.7 Å². The first-order valence-electron chi connectivity index (χ1n) is 3.93. The Morgan fingerprint density at radius 1 is 1.50 bits per heavy atom. The molecule has 0 amide bonds. The quantitative estimate of drug-likeness (QED) is 0.771. The standard InChI is InChI=1S/C9H7NOS3/c1-6-5-12-9(10-6)14-8-3-2-7(4-11)13-8/h2-5H,1H3. The van der Waals surface area contributed by atoms with Crippen LogP contribution in [-0.2, 0) is 0 Å². The summed E-state index contributed by atoms with van der Waals surface area (Å²) < 4.78 is 2.14. The van der Waals surface area contributed by atoms with Gasteiger partial charge in [-0.2, -0.15) is 0 Å². The molecule has 0 aromatic carbocycles. The number of hydrogen-bond acceptors (Lipinski definition) is 5. The molecule has 2 rings (SSSR count). The number of hydrogen-bond donors (Lipinski definition) is 0. The van der Waals surface area contributed by atoms with E-state index in [9.17, 15) is 4.79 Å². The summed E-state index contributed by atoms with van der Waals surface area (Å²) in [7, 11) is 0. The molecule has 0 aliphatic rings. The lowest BCUT2D eigenvalue weighted by atomic mass is 10.5. The minimum Gasteiger partial charge on any atom is -0.297 e. The predicted octanol–water partition coefficient (Wildman–Crippen LogP) is 3.48. The molecule has 0 bridgehead atoms. The van der Waals surface area contributed by atoms with Crippen molar-refractivity contribution < 1.29 is 4.79 Å². The van der Waals surface area contributed by atoms with Crippen LogP contribution < -0.4 is 0 Å². The fraction of sp³-hybridized carbons (Fsp3) is 0.111. The molecular weight excluding hydrogens is 234 g/mol. The Labute approximate surface area is 94.0 Å². The second-order valence-corrected chi connectivity index (χ2v) is 6.15. The third-order valence-corrected chi connectivity index (χ3v) is 4.70. The number of aromatic nitrogens is 1. The van der Waals surface area contributed by atoms with E-state index in [0.717, 1.165) is 25.4 Å². The average Bonchev–Trinajstić information content (AvgIpc) is 2.76. The van der Waals surface area contributed by atoms with Crippen molar-refractivity contribution in [3.63, 3.8) is 0 Å². The molecule has 2 nitrogen and oxygen atoms in total. The van der Waals surface area contributed by atoms with E-state index in [1.165, 1.54) is 11.3 Å². The van der Waals surface area contributed by atoms with Gasteiger partial charge in [0.05, 0.1) is 9.09 Å². The summed E-state index contributed by atoms with van der Waals surface area (Å²) >= 11 is 4.74. The molecule has 0 spiro atoms. The molecule has 2 aromatic heterocycles. The van der Waals surface area contributed by atoms with E-state index in [2.05, 4.69) is 4.98 Å². The van der Waals surface area contributed by atoms with Crippen LogP contribution in [0.3, 0.4) is 0 Å². The van der Waals surface area contributed by atoms with E-state index >= 15 is 0 Å². The molecule has 0 aliphatic carbocycles. The summed E-state index contributed by atoms with van der Waals surface area (Å²) in [6, 6.07) is 3.79. The minimum absolute atomic E-state index is 0.765. The van der Waals surface area contributed by atoms with Gasteiger partial charge in [0.1, 0.15) is 0 Å². The van der Waals surface area contributed by atoms with Gasteiger partial charge in [-0.1, -0.05) is 0 Å². The molecule has 2 aromatic rings. The number of thiazole rings is 1. The first kappa shape index (κ1) is 9.89. The van der Waals surface area contributed by atoms with Crippen LogP contribution in [0.5, 0.6) is 0 Å². The Balaban J connectivity index is 2.14. The monoisotopic (exact) mass is 241 g/mol. The van der Waals surface area contributed by atoms with E-state index in [1.54, 1.807) is 23.1 Å². The molecule has 0 atom stereocenters. The van der Waals surface area contributed by atoms with Gasteiger partial charge in [-0.05, 0) is 30.8 Å². The fourth-order valence-electron chi connectivity index (χ4n) is 0.918. The zero-order chi connectivity index (χ0) is 9.97. The molecule has 0 aliphatic heterocycles. The van der Waals surface area contributed by atoms with E-state index in [4.69, 9.17) is 0 Å². The smallest absolute Gasteiger partial charge is 0.160 e. The van der Waals surface area contributed by atoms with Gasteiger partial charge in [-0.3, -0.25) is 4.79 Å². The summed E-state index contributed by atoms with van der Waals surface area (Å²) in [6.07, 6.45) is 0.877. The molecule has 2 heterocycles. The lowest BCUT2D eigenvalue weighted by Gasteiger charge is -1.89. The number of carbonyl (C=O) groups is 1. The molecule has 0 radical (unpaired) electrons. The van der Waals surface area contributed by atoms with Crippen LogP contribution in [0, 0.1) is 6.92 Å². The van der Waals surface area contributed by atoms with Gasteiger partial charge in [-0.15, -0.1) is 22.7 Å². The molecule has 5 heteroatoms. The van der Waals surface area contributed by atoms with Crippen LogP contribution in [0.2, 0.25) is 0 Å². The summed E-state index contributed by atoms with van der Waals surface area (Å²) in [5.74, 6) is 0. The highest BCUT2D eigenvalue weighted by Gasteiger charge is 2.04. The molecule has 0 fully saturated rings. The van der Waals surface area contributed by atoms with Crippen molar-refractivity contribution in [2.45, 2.75) is 15.5 Å². The van der Waals surface area contributed by atoms with Gasteiger partial charge in [0.25, 0.3) is 0 Å². The van der Waals surface area contributed by atoms with Crippen molar-refractivity contribution in [2.75, 3.05) is 0 Å². The number of nitrogens with zero attached hydrogens (tertiary/aromatic N) is 1. The Kier molecular flexibility index (Phi) is 3.00. The highest BCUT2D eigenvalue weighted by Crippen LogP contribution is 2.34. The van der Waals surface area contributed by atoms with Crippen LogP contribution in [0.4, 0.5) is 0 Å². The Morgan fingerprint density at radius 2 is 2.36 bits per heavy atom. The lowest BCUT2D eigenvalue weighted by Crippen LogP contribution is -1.68. The zero-order valence-electron chi connectivity index (χ0n) is 7.39. The molecule has 0 N–H and O–H groups in total. The number of rotatable bonds is 3. The van der Waals surface area contributed by atoms with Crippen LogP contribution in [0.15, 0.2) is 26.1 Å². The first-order chi connectivity index (χ1) is 6.78. The second-order valence-electron chi connectivity index (χ2n) is 2.63. The van der Waals surface area contributed by atoms with Crippen molar-refractivity contribution in [3.05, 3.63) is 28.1 Å². The Hall–Kier alpha value is -0.650. The SMILES string of the molecule is Cc1csc(Sc2ccc(C=O)s2)n1. The first-order valence-corrected chi connectivity index (χ1v) is 6.44. The van der Waals surface area contributed by atoms with Gasteiger partial charge in [0.15, 0.2) is 10.6 Å². The average molecular weight is 241 g/mol. The van der Waals surface area contributed by atoms with Gasteiger partial charge >= 0.3 is 0 Å². The number of aldehydes is 1. The summed E-state index contributed by atoms with van der Waals surface area (Å²) in [5, 5.41) is 2.02. The third kappa shape index (κ3) is 2.23. The second kappa shape index (κ2) is 4.25. The van der Waals surface area contributed by atoms with Crippen molar-refractivity contribution in [3.8, 4) is 0 Å². The maximum atomic E-state index is 10.5. The van der Waals surface area contributed by atoms with Crippen molar-refractivity contribution in [2.24, 2.45) is 0 Å². The molecule has 72 valence electrons. The van der Waals surface area contributed by atoms with Gasteiger partial charge in [0, 0.05) is 11.1 Å². The molecule has 0 saturated heterocycles. The van der Waals surface area contributed by atoms with Crippen molar-refractivity contribution in [1.82, 2.24) is 4.98 Å². The fourth-order valence-corrected chi connectivity index (χ4v) is 3.95. The normalized spacial score (nSPS) is 10.4. The maximum absolute atomic E-state index is 10.5. The summed E-state index contributed by atoms with van der Waals surface area (Å²) in [5.41, 5.74) is 1.05. The van der Waals surface area contributed by atoms with Crippen LogP contribution in [0.1, 0.15) is 15.4 Å². The van der Waals surface area contributed by atoms with Gasteiger partial charge < -0.3 is 0 Å². The van der Waals surface area contributed by atoms with E-state index in [-0.39, 0.29) is 0 Å². The summed E-state index contributed by atoms with van der Waals surface area (Å²) in [6.45, 7) is 1.98. The Morgan fingerprint density at radius 3 is 2.93 bits per heavy atom. The highest BCUT2D eigenvalue weighted by molar-refractivity contribution is 8.02. The third-order valence-electron chi connectivity index (χ3n) is 1.50. The molecule has 0 saturated carbocycles. The van der Waals surface area contributed by atoms with Crippen LogP contribution in [0.25, 0.3) is 0 Å². The van der Waals surface area contributed by atoms with E-state index < -0.39 is 0 Å². The molecular formula is C9H7NOS3. The number of aryl methyl sites for hydroxylation is 1. The van der Waals surface area contributed by atoms with E-state index in [0.29, 0.717) is 0 Å². The zero-order valence-corrected chi connectivity index (χ0v) is 9.84. The van der Waals surface area contributed by atoms with Gasteiger partial charge in [0.2, 0.25) is 0 Å². The van der Waals surface area contributed by atoms with Crippen LogP contribution in [-0.4, -0.2) is 11.3 Å². The van der Waals surface area contributed by atoms with Crippen molar-refractivity contribution in [1.29, 1.82) is 0 Å². The molecule has 14 heavy (non-hydrogen) atoms. The van der Waals surface area contributed by atoms with E-state index in [1.807, 2.05) is 24.4 Å². The number of thiophene rings is 1. The summed E-state index contributed by atoms with van der Waals surface area (Å²) in [4.78, 5) is 15.6. The lowest BCUT2D eigenvalue weighted by molar-refractivity contribution is 0.112. The largest absolute Gasteiger partial charge is 0.297 e. The highest BCUT2D eigenvalue weighted by atomic mass is 32.2. The Bertz CT molecular complexity index is 446. The van der Waals surface area contributed by atoms with Crippen LogP contribution >= 0.6 is 34.4 Å². The molecule has 0 unspecified atom stereocenters. The maximum Gasteiger partial charge on any atom is 0.160 e. The minimum atomic E-state index is 0.765.